The molecule has 0 saturated heterocycles. The molecule has 0 radical (unpaired) electrons. The normalized spacial score (nSPS) is 14.1. The van der Waals surface area contributed by atoms with E-state index in [9.17, 15) is 0 Å². The molecule has 4 heteroatoms. The molecule has 19 heavy (non-hydrogen) atoms. The smallest absolute Gasteiger partial charge is 0.0992 e. The van der Waals surface area contributed by atoms with Gasteiger partial charge in [-0.25, -0.2) is 0 Å². The molecule has 1 heterocycles. The Labute approximate surface area is 121 Å². The highest BCUT2D eigenvalue weighted by Gasteiger charge is 2.17. The van der Waals surface area contributed by atoms with Crippen molar-refractivity contribution in [2.45, 2.75) is 25.7 Å². The van der Waals surface area contributed by atoms with Crippen molar-refractivity contribution in [3.8, 4) is 0 Å². The topological polar surface area (TPSA) is 48.1 Å². The number of ether oxygens (including phenoxy) is 1. The highest BCUT2D eigenvalue weighted by atomic mass is 79.9. The third-order valence-electron chi connectivity index (χ3n) is 2.81. The molecule has 0 aliphatic rings. The van der Waals surface area contributed by atoms with E-state index in [1.54, 1.807) is 12.4 Å². The molecule has 0 saturated carbocycles. The van der Waals surface area contributed by atoms with E-state index < -0.39 is 0 Å². The Morgan fingerprint density at radius 2 is 2.16 bits per heavy atom. The summed E-state index contributed by atoms with van der Waals surface area (Å²) in [7, 11) is 0. The van der Waals surface area contributed by atoms with Gasteiger partial charge in [-0.15, -0.1) is 0 Å². The number of benzene rings is 1. The van der Waals surface area contributed by atoms with Crippen LogP contribution in [-0.4, -0.2) is 11.0 Å². The maximum atomic E-state index is 6.00. The van der Waals surface area contributed by atoms with Gasteiger partial charge in [0.05, 0.1) is 12.7 Å². The molecule has 0 fully saturated rings. The Balaban J connectivity index is 2.06. The van der Waals surface area contributed by atoms with Crippen molar-refractivity contribution in [2.24, 2.45) is 5.73 Å². The van der Waals surface area contributed by atoms with Gasteiger partial charge in [-0.3, -0.25) is 4.98 Å². The highest BCUT2D eigenvalue weighted by Crippen LogP contribution is 2.22. The fraction of sp³-hybridized carbons (Fsp3) is 0.267. The number of rotatable bonds is 5. The van der Waals surface area contributed by atoms with E-state index in [1.807, 2.05) is 43.3 Å². The summed E-state index contributed by atoms with van der Waals surface area (Å²) in [6.45, 7) is 2.47. The van der Waals surface area contributed by atoms with Crippen LogP contribution in [0.2, 0.25) is 0 Å². The zero-order valence-electron chi connectivity index (χ0n) is 10.8. The quantitative estimate of drug-likeness (QED) is 0.917. The Hall–Kier alpha value is -1.23. The second-order valence-electron chi connectivity index (χ2n) is 4.51. The molecule has 2 atom stereocenters. The first-order valence-corrected chi connectivity index (χ1v) is 6.97. The molecule has 0 bridgehead atoms. The summed E-state index contributed by atoms with van der Waals surface area (Å²) in [6, 6.07) is 11.9. The van der Waals surface area contributed by atoms with Crippen LogP contribution in [0.4, 0.5) is 0 Å². The summed E-state index contributed by atoms with van der Waals surface area (Å²) in [5.41, 5.74) is 8.12. The van der Waals surface area contributed by atoms with Crippen molar-refractivity contribution >= 4 is 15.9 Å². The Kier molecular flexibility index (Phi) is 5.07. The van der Waals surface area contributed by atoms with Gasteiger partial charge in [0.25, 0.3) is 0 Å². The summed E-state index contributed by atoms with van der Waals surface area (Å²) in [5, 5.41) is 0. The summed E-state index contributed by atoms with van der Waals surface area (Å²) in [6.07, 6.45) is 3.40. The number of nitrogens with zero attached hydrogens (tertiary/aromatic N) is 1. The molecule has 2 aromatic rings. The largest absolute Gasteiger partial charge is 0.367 e. The van der Waals surface area contributed by atoms with Crippen LogP contribution in [0.15, 0.2) is 53.3 Å². The van der Waals surface area contributed by atoms with Gasteiger partial charge in [0.1, 0.15) is 0 Å². The van der Waals surface area contributed by atoms with Crippen molar-refractivity contribution in [1.82, 2.24) is 4.98 Å². The molecule has 3 nitrogen and oxygen atoms in total. The maximum Gasteiger partial charge on any atom is 0.0992 e. The molecular weight excluding hydrogens is 304 g/mol. The number of pyridine rings is 1. The van der Waals surface area contributed by atoms with E-state index in [1.165, 1.54) is 0 Å². The first kappa shape index (κ1) is 14.2. The zero-order chi connectivity index (χ0) is 13.7. The highest BCUT2D eigenvalue weighted by molar-refractivity contribution is 9.10. The first-order chi connectivity index (χ1) is 9.16. The molecule has 0 aliphatic heterocycles. The first-order valence-electron chi connectivity index (χ1n) is 6.18. The van der Waals surface area contributed by atoms with E-state index in [0.717, 1.165) is 15.6 Å². The standard InChI is InChI=1S/C15H17BrN2O/c1-11(17)15(13-5-3-7-18-9-13)19-10-12-4-2-6-14(16)8-12/h2-9,11,15H,10,17H2,1H3. The van der Waals surface area contributed by atoms with Crippen LogP contribution in [0.3, 0.4) is 0 Å². The summed E-state index contributed by atoms with van der Waals surface area (Å²) < 4.78 is 6.99. The van der Waals surface area contributed by atoms with Gasteiger partial charge in [0.15, 0.2) is 0 Å². The third kappa shape index (κ3) is 4.13. The number of hydrogen-bond acceptors (Lipinski definition) is 3. The monoisotopic (exact) mass is 320 g/mol. The SMILES string of the molecule is CC(N)C(OCc1cccc(Br)c1)c1cccnc1. The van der Waals surface area contributed by atoms with Gasteiger partial charge in [-0.05, 0) is 30.7 Å². The molecule has 1 aromatic carbocycles. The van der Waals surface area contributed by atoms with E-state index in [-0.39, 0.29) is 12.1 Å². The molecule has 0 aliphatic carbocycles. The van der Waals surface area contributed by atoms with E-state index in [2.05, 4.69) is 20.9 Å². The second kappa shape index (κ2) is 6.80. The fourth-order valence-corrected chi connectivity index (χ4v) is 2.36. The van der Waals surface area contributed by atoms with Gasteiger partial charge in [-0.1, -0.05) is 34.1 Å². The van der Waals surface area contributed by atoms with Crippen LogP contribution in [0, 0.1) is 0 Å². The lowest BCUT2D eigenvalue weighted by Crippen LogP contribution is -2.27. The fourth-order valence-electron chi connectivity index (χ4n) is 1.91. The van der Waals surface area contributed by atoms with E-state index in [4.69, 9.17) is 10.5 Å². The molecule has 0 spiro atoms. The minimum absolute atomic E-state index is 0.0867. The van der Waals surface area contributed by atoms with Crippen LogP contribution < -0.4 is 5.73 Å². The third-order valence-corrected chi connectivity index (χ3v) is 3.30. The Morgan fingerprint density at radius 1 is 1.32 bits per heavy atom. The number of aromatic nitrogens is 1. The molecule has 100 valence electrons. The Bertz CT molecular complexity index is 517. The lowest BCUT2D eigenvalue weighted by Gasteiger charge is -2.21. The van der Waals surface area contributed by atoms with Crippen molar-refractivity contribution < 1.29 is 4.74 Å². The predicted molar refractivity (Wildman–Crippen MR) is 79.6 cm³/mol. The van der Waals surface area contributed by atoms with Gasteiger partial charge >= 0.3 is 0 Å². The van der Waals surface area contributed by atoms with Gasteiger partial charge in [0.2, 0.25) is 0 Å². The van der Waals surface area contributed by atoms with E-state index >= 15 is 0 Å². The number of hydrogen-bond donors (Lipinski definition) is 1. The van der Waals surface area contributed by atoms with Crippen molar-refractivity contribution in [2.75, 3.05) is 0 Å². The van der Waals surface area contributed by atoms with Crippen LogP contribution in [0.25, 0.3) is 0 Å². The summed E-state index contributed by atoms with van der Waals surface area (Å²) in [4.78, 5) is 4.11. The number of nitrogens with two attached hydrogens (primary N) is 1. The van der Waals surface area contributed by atoms with Crippen molar-refractivity contribution in [1.29, 1.82) is 0 Å². The van der Waals surface area contributed by atoms with Gasteiger partial charge < -0.3 is 10.5 Å². The lowest BCUT2D eigenvalue weighted by molar-refractivity contribution is 0.0256. The van der Waals surface area contributed by atoms with Crippen LogP contribution in [0.5, 0.6) is 0 Å². The van der Waals surface area contributed by atoms with E-state index in [0.29, 0.717) is 6.61 Å². The molecule has 2 N–H and O–H groups in total. The minimum Gasteiger partial charge on any atom is -0.367 e. The van der Waals surface area contributed by atoms with Crippen LogP contribution >= 0.6 is 15.9 Å². The summed E-state index contributed by atoms with van der Waals surface area (Å²) >= 11 is 3.45. The van der Waals surface area contributed by atoms with Crippen LogP contribution in [-0.2, 0) is 11.3 Å². The molecule has 1 aromatic heterocycles. The average Bonchev–Trinajstić information content (AvgIpc) is 2.40. The van der Waals surface area contributed by atoms with Crippen molar-refractivity contribution in [3.63, 3.8) is 0 Å². The molecule has 0 amide bonds. The number of halogens is 1. The van der Waals surface area contributed by atoms with Gasteiger partial charge in [0, 0.05) is 28.5 Å². The Morgan fingerprint density at radius 3 is 2.79 bits per heavy atom. The molecule has 2 rings (SSSR count). The van der Waals surface area contributed by atoms with Crippen molar-refractivity contribution in [3.05, 3.63) is 64.4 Å². The maximum absolute atomic E-state index is 6.00. The average molecular weight is 321 g/mol. The molecular formula is C15H17BrN2O. The lowest BCUT2D eigenvalue weighted by atomic mass is 10.1. The molecule has 2 unspecified atom stereocenters. The predicted octanol–water partition coefficient (Wildman–Crippen LogP) is 3.45. The zero-order valence-corrected chi connectivity index (χ0v) is 12.4. The summed E-state index contributed by atoms with van der Waals surface area (Å²) in [5.74, 6) is 0. The minimum atomic E-state index is -0.146. The van der Waals surface area contributed by atoms with Gasteiger partial charge in [-0.2, -0.15) is 0 Å². The second-order valence-corrected chi connectivity index (χ2v) is 5.42. The van der Waals surface area contributed by atoms with Crippen LogP contribution in [0.1, 0.15) is 24.2 Å².